The SMILES string of the molecule is Cc1cc(C)c(C(=N)N)c(OCc2cccc(Br)c2)n1. The van der Waals surface area contributed by atoms with E-state index in [0.717, 1.165) is 21.3 Å². The molecule has 0 aliphatic carbocycles. The molecule has 0 unspecified atom stereocenters. The van der Waals surface area contributed by atoms with Crippen molar-refractivity contribution in [3.05, 3.63) is 57.2 Å². The molecule has 20 heavy (non-hydrogen) atoms. The number of ether oxygens (including phenoxy) is 1. The monoisotopic (exact) mass is 333 g/mol. The van der Waals surface area contributed by atoms with E-state index >= 15 is 0 Å². The Hall–Kier alpha value is -1.88. The summed E-state index contributed by atoms with van der Waals surface area (Å²) < 4.78 is 6.75. The van der Waals surface area contributed by atoms with Crippen molar-refractivity contribution in [1.29, 1.82) is 5.41 Å². The number of aromatic nitrogens is 1. The summed E-state index contributed by atoms with van der Waals surface area (Å²) in [5.74, 6) is 0.384. The van der Waals surface area contributed by atoms with Gasteiger partial charge in [0, 0.05) is 10.2 Å². The van der Waals surface area contributed by atoms with Crippen LogP contribution in [0, 0.1) is 19.3 Å². The van der Waals surface area contributed by atoms with Crippen molar-refractivity contribution < 1.29 is 4.74 Å². The number of halogens is 1. The van der Waals surface area contributed by atoms with Gasteiger partial charge in [-0.25, -0.2) is 4.98 Å². The number of amidine groups is 1. The van der Waals surface area contributed by atoms with Gasteiger partial charge in [0.1, 0.15) is 12.4 Å². The first-order chi connectivity index (χ1) is 9.47. The summed E-state index contributed by atoms with van der Waals surface area (Å²) in [6, 6.07) is 9.75. The zero-order valence-corrected chi connectivity index (χ0v) is 13.0. The number of benzene rings is 1. The summed E-state index contributed by atoms with van der Waals surface area (Å²) in [5.41, 5.74) is 8.94. The number of hydrogen-bond donors (Lipinski definition) is 2. The molecule has 0 aliphatic rings. The molecule has 0 bridgehead atoms. The molecule has 5 heteroatoms. The van der Waals surface area contributed by atoms with Crippen molar-refractivity contribution in [1.82, 2.24) is 4.98 Å². The summed E-state index contributed by atoms with van der Waals surface area (Å²) in [5, 5.41) is 7.65. The number of nitrogen functional groups attached to an aromatic ring is 1. The second kappa shape index (κ2) is 6.05. The molecule has 0 radical (unpaired) electrons. The average Bonchev–Trinajstić information content (AvgIpc) is 2.35. The van der Waals surface area contributed by atoms with E-state index in [0.29, 0.717) is 18.1 Å². The first kappa shape index (κ1) is 14.5. The molecule has 2 rings (SSSR count). The lowest BCUT2D eigenvalue weighted by atomic mass is 10.1. The van der Waals surface area contributed by atoms with E-state index < -0.39 is 0 Å². The van der Waals surface area contributed by atoms with Crippen LogP contribution in [0.4, 0.5) is 0 Å². The van der Waals surface area contributed by atoms with Crippen molar-refractivity contribution in [2.24, 2.45) is 5.73 Å². The maximum absolute atomic E-state index is 7.65. The maximum atomic E-state index is 7.65. The largest absolute Gasteiger partial charge is 0.472 e. The van der Waals surface area contributed by atoms with E-state index in [4.69, 9.17) is 15.9 Å². The molecule has 0 aliphatic heterocycles. The number of aryl methyl sites for hydroxylation is 2. The summed E-state index contributed by atoms with van der Waals surface area (Å²) in [6.07, 6.45) is 0. The number of nitrogens with two attached hydrogens (primary N) is 1. The second-order valence-electron chi connectivity index (χ2n) is 4.59. The Kier molecular flexibility index (Phi) is 4.39. The van der Waals surface area contributed by atoms with Gasteiger partial charge in [-0.3, -0.25) is 5.41 Å². The fourth-order valence-electron chi connectivity index (χ4n) is 2.01. The topological polar surface area (TPSA) is 72.0 Å². The molecule has 1 aromatic heterocycles. The quantitative estimate of drug-likeness (QED) is 0.665. The third kappa shape index (κ3) is 3.36. The van der Waals surface area contributed by atoms with Crippen molar-refractivity contribution in [3.63, 3.8) is 0 Å². The summed E-state index contributed by atoms with van der Waals surface area (Å²) in [6.45, 7) is 4.18. The Morgan fingerprint density at radius 2 is 2.10 bits per heavy atom. The van der Waals surface area contributed by atoms with Crippen LogP contribution in [0.1, 0.15) is 22.4 Å². The normalized spacial score (nSPS) is 10.3. The molecule has 0 fully saturated rings. The van der Waals surface area contributed by atoms with Crippen LogP contribution in [-0.4, -0.2) is 10.8 Å². The van der Waals surface area contributed by atoms with Gasteiger partial charge in [0.2, 0.25) is 5.88 Å². The van der Waals surface area contributed by atoms with Gasteiger partial charge in [-0.2, -0.15) is 0 Å². The van der Waals surface area contributed by atoms with Crippen LogP contribution in [0.15, 0.2) is 34.8 Å². The fourth-order valence-corrected chi connectivity index (χ4v) is 2.46. The molecule has 1 heterocycles. The number of hydrogen-bond acceptors (Lipinski definition) is 3. The van der Waals surface area contributed by atoms with Crippen LogP contribution >= 0.6 is 15.9 Å². The van der Waals surface area contributed by atoms with Gasteiger partial charge in [-0.15, -0.1) is 0 Å². The van der Waals surface area contributed by atoms with Gasteiger partial charge in [0.25, 0.3) is 0 Å². The summed E-state index contributed by atoms with van der Waals surface area (Å²) in [7, 11) is 0. The van der Waals surface area contributed by atoms with E-state index in [2.05, 4.69) is 20.9 Å². The van der Waals surface area contributed by atoms with Crippen molar-refractivity contribution in [2.45, 2.75) is 20.5 Å². The molecule has 0 spiro atoms. The lowest BCUT2D eigenvalue weighted by molar-refractivity contribution is 0.292. The van der Waals surface area contributed by atoms with E-state index in [1.54, 1.807) is 0 Å². The zero-order valence-electron chi connectivity index (χ0n) is 11.4. The number of nitrogens with zero attached hydrogens (tertiary/aromatic N) is 1. The lowest BCUT2D eigenvalue weighted by Gasteiger charge is -2.13. The van der Waals surface area contributed by atoms with Crippen molar-refractivity contribution >= 4 is 21.8 Å². The Morgan fingerprint density at radius 1 is 1.35 bits per heavy atom. The Bertz CT molecular complexity index is 656. The van der Waals surface area contributed by atoms with Crippen LogP contribution in [-0.2, 0) is 6.61 Å². The minimum Gasteiger partial charge on any atom is -0.472 e. The number of rotatable bonds is 4. The highest BCUT2D eigenvalue weighted by Gasteiger charge is 2.13. The van der Waals surface area contributed by atoms with Gasteiger partial charge in [0.05, 0.1) is 5.56 Å². The number of pyridine rings is 1. The highest BCUT2D eigenvalue weighted by atomic mass is 79.9. The molecule has 3 N–H and O–H groups in total. The molecule has 0 saturated carbocycles. The Labute approximate surface area is 126 Å². The van der Waals surface area contributed by atoms with E-state index in [1.807, 2.05) is 44.2 Å². The number of nitrogens with one attached hydrogen (secondary N) is 1. The molecule has 4 nitrogen and oxygen atoms in total. The first-order valence-electron chi connectivity index (χ1n) is 6.17. The van der Waals surface area contributed by atoms with Gasteiger partial charge in [-0.1, -0.05) is 28.1 Å². The Balaban J connectivity index is 2.27. The third-order valence-corrected chi connectivity index (χ3v) is 3.34. The Morgan fingerprint density at radius 3 is 2.75 bits per heavy atom. The van der Waals surface area contributed by atoms with Gasteiger partial charge in [-0.05, 0) is 43.2 Å². The third-order valence-electron chi connectivity index (χ3n) is 2.85. The average molecular weight is 334 g/mol. The van der Waals surface area contributed by atoms with Crippen LogP contribution in [0.3, 0.4) is 0 Å². The van der Waals surface area contributed by atoms with Gasteiger partial charge < -0.3 is 10.5 Å². The molecule has 2 aromatic rings. The highest BCUT2D eigenvalue weighted by molar-refractivity contribution is 9.10. The van der Waals surface area contributed by atoms with Crippen LogP contribution in [0.25, 0.3) is 0 Å². The minimum atomic E-state index is -0.0285. The van der Waals surface area contributed by atoms with Crippen LogP contribution in [0.2, 0.25) is 0 Å². The highest BCUT2D eigenvalue weighted by Crippen LogP contribution is 2.22. The molecular formula is C15H16BrN3O. The van der Waals surface area contributed by atoms with E-state index in [-0.39, 0.29) is 5.84 Å². The lowest BCUT2D eigenvalue weighted by Crippen LogP contribution is -2.16. The fraction of sp³-hybridized carbons (Fsp3) is 0.200. The molecule has 0 amide bonds. The van der Waals surface area contributed by atoms with Crippen molar-refractivity contribution in [3.8, 4) is 5.88 Å². The molecule has 0 saturated heterocycles. The van der Waals surface area contributed by atoms with Gasteiger partial charge >= 0.3 is 0 Å². The summed E-state index contributed by atoms with van der Waals surface area (Å²) in [4.78, 5) is 4.34. The van der Waals surface area contributed by atoms with E-state index in [1.165, 1.54) is 0 Å². The standard InChI is InChI=1S/C15H16BrN3O/c1-9-6-10(2)19-15(13(9)14(17)18)20-8-11-4-3-5-12(16)7-11/h3-7H,8H2,1-2H3,(H3,17,18). The van der Waals surface area contributed by atoms with E-state index in [9.17, 15) is 0 Å². The van der Waals surface area contributed by atoms with Crippen LogP contribution < -0.4 is 10.5 Å². The maximum Gasteiger partial charge on any atom is 0.225 e. The molecular weight excluding hydrogens is 318 g/mol. The molecule has 0 atom stereocenters. The zero-order chi connectivity index (χ0) is 14.7. The van der Waals surface area contributed by atoms with Crippen LogP contribution in [0.5, 0.6) is 5.88 Å². The predicted molar refractivity (Wildman–Crippen MR) is 83.2 cm³/mol. The predicted octanol–water partition coefficient (Wildman–Crippen LogP) is 3.32. The minimum absolute atomic E-state index is 0.0285. The van der Waals surface area contributed by atoms with Gasteiger partial charge in [0.15, 0.2) is 0 Å². The molecule has 1 aromatic carbocycles. The second-order valence-corrected chi connectivity index (χ2v) is 5.51. The molecule has 104 valence electrons. The smallest absolute Gasteiger partial charge is 0.225 e. The summed E-state index contributed by atoms with van der Waals surface area (Å²) >= 11 is 3.42. The van der Waals surface area contributed by atoms with Crippen molar-refractivity contribution in [2.75, 3.05) is 0 Å². The first-order valence-corrected chi connectivity index (χ1v) is 6.96.